The molecular weight excluding hydrogens is 454 g/mol. The van der Waals surface area contributed by atoms with Crippen LogP contribution in [-0.4, -0.2) is 60.8 Å². The van der Waals surface area contributed by atoms with E-state index in [1.165, 1.54) is 11.1 Å². The van der Waals surface area contributed by atoms with Gasteiger partial charge in [-0.3, -0.25) is 9.58 Å². The van der Waals surface area contributed by atoms with Gasteiger partial charge in [0, 0.05) is 26.4 Å². The fourth-order valence-electron chi connectivity index (χ4n) is 4.66. The number of benzene rings is 2. The van der Waals surface area contributed by atoms with Gasteiger partial charge in [0.2, 0.25) is 0 Å². The van der Waals surface area contributed by atoms with Gasteiger partial charge in [-0.15, -0.1) is 0 Å². The minimum Gasteiger partial charge on any atom is -0.493 e. The Morgan fingerprint density at radius 3 is 2.47 bits per heavy atom. The summed E-state index contributed by atoms with van der Waals surface area (Å²) in [5.41, 5.74) is 3.33. The summed E-state index contributed by atoms with van der Waals surface area (Å²) in [6.45, 7) is 8.76. The quantitative estimate of drug-likeness (QED) is 0.373. The lowest BCUT2D eigenvalue weighted by Crippen LogP contribution is -2.39. The molecule has 7 heteroatoms. The van der Waals surface area contributed by atoms with Crippen LogP contribution in [0.25, 0.3) is 0 Å². The number of ether oxygens (including phenoxy) is 4. The highest BCUT2D eigenvalue weighted by Crippen LogP contribution is 2.31. The third-order valence-corrected chi connectivity index (χ3v) is 6.92. The van der Waals surface area contributed by atoms with Gasteiger partial charge in [0.05, 0.1) is 19.9 Å². The molecule has 0 N–H and O–H groups in total. The molecule has 1 saturated heterocycles. The Labute approximate surface area is 214 Å². The number of hydrogen-bond donors (Lipinski definition) is 0. The summed E-state index contributed by atoms with van der Waals surface area (Å²) in [5.74, 6) is 2.41. The van der Waals surface area contributed by atoms with Crippen LogP contribution >= 0.6 is 0 Å². The summed E-state index contributed by atoms with van der Waals surface area (Å²) >= 11 is 0. The van der Waals surface area contributed by atoms with Crippen LogP contribution in [0.5, 0.6) is 17.2 Å². The first-order valence-corrected chi connectivity index (χ1v) is 12.7. The maximum absolute atomic E-state index is 6.13. The van der Waals surface area contributed by atoms with Crippen molar-refractivity contribution in [1.82, 2.24) is 14.7 Å². The zero-order chi connectivity index (χ0) is 25.4. The maximum Gasteiger partial charge on any atom is 0.161 e. The summed E-state index contributed by atoms with van der Waals surface area (Å²) in [6, 6.07) is 14.4. The van der Waals surface area contributed by atoms with E-state index >= 15 is 0 Å². The van der Waals surface area contributed by atoms with Crippen molar-refractivity contribution in [3.8, 4) is 17.2 Å². The largest absolute Gasteiger partial charge is 0.493 e. The van der Waals surface area contributed by atoms with Crippen LogP contribution in [0.15, 0.2) is 54.9 Å². The number of methoxy groups -OCH3 is 2. The summed E-state index contributed by atoms with van der Waals surface area (Å²) in [6.07, 6.45) is 6.85. The van der Waals surface area contributed by atoms with Crippen molar-refractivity contribution in [2.45, 2.75) is 51.8 Å². The maximum atomic E-state index is 6.13. The second kappa shape index (κ2) is 12.3. The first kappa shape index (κ1) is 26.0. The van der Waals surface area contributed by atoms with E-state index < -0.39 is 0 Å². The van der Waals surface area contributed by atoms with Crippen molar-refractivity contribution < 1.29 is 18.9 Å². The average molecular weight is 494 g/mol. The van der Waals surface area contributed by atoms with Gasteiger partial charge in [-0.1, -0.05) is 23.8 Å². The molecule has 2 aromatic carbocycles. The van der Waals surface area contributed by atoms with Gasteiger partial charge in [-0.25, -0.2) is 0 Å². The molecule has 0 amide bonds. The molecule has 3 aromatic rings. The van der Waals surface area contributed by atoms with Crippen molar-refractivity contribution in [3.63, 3.8) is 0 Å². The Balaban J connectivity index is 1.30. The molecule has 2 heterocycles. The molecular formula is C29H39N3O4. The fourth-order valence-corrected chi connectivity index (χ4v) is 4.66. The molecule has 0 bridgehead atoms. The third-order valence-electron chi connectivity index (χ3n) is 6.92. The molecule has 4 rings (SSSR count). The first-order valence-electron chi connectivity index (χ1n) is 12.7. The zero-order valence-electron chi connectivity index (χ0n) is 22.0. The van der Waals surface area contributed by atoms with Gasteiger partial charge in [-0.05, 0) is 75.0 Å². The molecule has 1 unspecified atom stereocenters. The number of rotatable bonds is 11. The molecule has 7 nitrogen and oxygen atoms in total. The van der Waals surface area contributed by atoms with Crippen LogP contribution in [-0.2, 0) is 17.8 Å². The molecule has 1 aliphatic rings. The molecule has 1 atom stereocenters. The highest BCUT2D eigenvalue weighted by Gasteiger charge is 2.33. The van der Waals surface area contributed by atoms with Crippen LogP contribution in [0.4, 0.5) is 0 Å². The van der Waals surface area contributed by atoms with Crippen molar-refractivity contribution >= 4 is 0 Å². The van der Waals surface area contributed by atoms with E-state index in [1.807, 2.05) is 49.3 Å². The Kier molecular flexibility index (Phi) is 8.88. The number of aryl methyl sites for hydroxylation is 2. The van der Waals surface area contributed by atoms with Crippen molar-refractivity contribution in [2.24, 2.45) is 0 Å². The predicted molar refractivity (Wildman–Crippen MR) is 141 cm³/mol. The molecule has 1 aromatic heterocycles. The minimum absolute atomic E-state index is 0.262. The number of nitrogens with zero attached hydrogens (tertiary/aromatic N) is 3. The zero-order valence-corrected chi connectivity index (χ0v) is 22.0. The molecule has 1 fully saturated rings. The predicted octanol–water partition coefficient (Wildman–Crippen LogP) is 5.04. The van der Waals surface area contributed by atoms with Crippen molar-refractivity contribution in [2.75, 3.05) is 40.5 Å². The summed E-state index contributed by atoms with van der Waals surface area (Å²) in [5, 5.41) is 4.31. The Bertz CT molecular complexity index is 1100. The number of likely N-dealkylation sites (tertiary alicyclic amines) is 1. The van der Waals surface area contributed by atoms with E-state index in [4.69, 9.17) is 18.9 Å². The van der Waals surface area contributed by atoms with Gasteiger partial charge in [0.1, 0.15) is 24.6 Å². The highest BCUT2D eigenvalue weighted by atomic mass is 16.5. The lowest BCUT2D eigenvalue weighted by molar-refractivity contribution is -0.0541. The Morgan fingerprint density at radius 2 is 1.75 bits per heavy atom. The summed E-state index contributed by atoms with van der Waals surface area (Å²) in [7, 11) is 3.50. The van der Waals surface area contributed by atoms with Gasteiger partial charge < -0.3 is 18.9 Å². The minimum atomic E-state index is -0.262. The van der Waals surface area contributed by atoms with Crippen molar-refractivity contribution in [3.05, 3.63) is 71.5 Å². The summed E-state index contributed by atoms with van der Waals surface area (Å²) in [4.78, 5) is 2.49. The van der Waals surface area contributed by atoms with E-state index in [-0.39, 0.29) is 5.60 Å². The van der Waals surface area contributed by atoms with E-state index in [0.29, 0.717) is 19.8 Å². The van der Waals surface area contributed by atoms with Gasteiger partial charge in [0.25, 0.3) is 0 Å². The van der Waals surface area contributed by atoms with Crippen LogP contribution in [0.3, 0.4) is 0 Å². The van der Waals surface area contributed by atoms with E-state index in [1.54, 1.807) is 7.11 Å². The monoisotopic (exact) mass is 493 g/mol. The topological polar surface area (TPSA) is 58.0 Å². The van der Waals surface area contributed by atoms with E-state index in [2.05, 4.69) is 41.2 Å². The molecule has 194 valence electrons. The van der Waals surface area contributed by atoms with Crippen LogP contribution in [0.2, 0.25) is 0 Å². The fraction of sp³-hybridized carbons (Fsp3) is 0.483. The lowest BCUT2D eigenvalue weighted by Gasteiger charge is -2.31. The van der Waals surface area contributed by atoms with Crippen molar-refractivity contribution in [1.29, 1.82) is 0 Å². The van der Waals surface area contributed by atoms with Crippen LogP contribution in [0.1, 0.15) is 36.0 Å². The number of aromatic nitrogens is 2. The Morgan fingerprint density at radius 1 is 0.917 bits per heavy atom. The molecule has 0 saturated carbocycles. The average Bonchev–Trinajstić information content (AvgIpc) is 3.20. The van der Waals surface area contributed by atoms with E-state index in [0.717, 1.165) is 61.7 Å². The number of hydrogen-bond acceptors (Lipinski definition) is 6. The van der Waals surface area contributed by atoms with Gasteiger partial charge >= 0.3 is 0 Å². The highest BCUT2D eigenvalue weighted by molar-refractivity contribution is 5.43. The third kappa shape index (κ3) is 7.02. The normalized spacial score (nSPS) is 18.6. The van der Waals surface area contributed by atoms with Crippen LogP contribution in [0, 0.1) is 13.8 Å². The molecule has 0 radical (unpaired) electrons. The molecule has 0 aliphatic carbocycles. The van der Waals surface area contributed by atoms with Gasteiger partial charge in [-0.2, -0.15) is 5.10 Å². The molecule has 0 spiro atoms. The molecule has 36 heavy (non-hydrogen) atoms. The first-order chi connectivity index (χ1) is 17.5. The summed E-state index contributed by atoms with van der Waals surface area (Å²) < 4.78 is 25.7. The van der Waals surface area contributed by atoms with Gasteiger partial charge in [0.15, 0.2) is 11.5 Å². The molecule has 1 aliphatic heterocycles. The second-order valence-corrected chi connectivity index (χ2v) is 9.73. The van der Waals surface area contributed by atoms with E-state index in [9.17, 15) is 0 Å². The standard InChI is InChI=1S/C29H39N3O4/c1-23-6-9-26(10-7-23)36-22-29(34-4)12-5-14-31(15-13-29)21-25-8-11-27(28(18-25)33-3)35-17-16-32-20-24(2)19-30-32/h6-11,18-20H,5,12-17,21-22H2,1-4H3. The smallest absolute Gasteiger partial charge is 0.161 e. The lowest BCUT2D eigenvalue weighted by atomic mass is 9.95. The SMILES string of the molecule is COc1cc(CN2CCCC(COc3ccc(C)cc3)(OC)CC2)ccc1OCCn1cc(C)cn1. The Hall–Kier alpha value is -3.03. The van der Waals surface area contributed by atoms with Crippen LogP contribution < -0.4 is 14.2 Å². The second-order valence-electron chi connectivity index (χ2n) is 9.73.